The normalized spacial score (nSPS) is 18.1. The molecule has 2 fully saturated rings. The molecule has 0 spiro atoms. The predicted molar refractivity (Wildman–Crippen MR) is 98.4 cm³/mol. The first-order valence-electron chi connectivity index (χ1n) is 9.43. The van der Waals surface area contributed by atoms with E-state index in [2.05, 4.69) is 10.1 Å². The third kappa shape index (κ3) is 5.61. The van der Waals surface area contributed by atoms with Crippen LogP contribution < -0.4 is 10.2 Å². The quantitative estimate of drug-likeness (QED) is 0.823. The second-order valence-corrected chi connectivity index (χ2v) is 7.12. The monoisotopic (exact) mass is 413 g/mol. The number of halogens is 3. The molecule has 3 amide bonds. The molecule has 2 saturated heterocycles. The maximum atomic E-state index is 12.4. The highest BCUT2D eigenvalue weighted by Crippen LogP contribution is 2.25. The molecule has 0 saturated carbocycles. The number of ether oxygens (including phenoxy) is 1. The van der Waals surface area contributed by atoms with Gasteiger partial charge >= 0.3 is 12.3 Å². The summed E-state index contributed by atoms with van der Waals surface area (Å²) in [5.74, 6) is -0.470. The van der Waals surface area contributed by atoms with Crippen molar-refractivity contribution in [2.75, 3.05) is 36.5 Å². The highest BCUT2D eigenvalue weighted by molar-refractivity contribution is 5.96. The van der Waals surface area contributed by atoms with Gasteiger partial charge in [-0.3, -0.25) is 9.59 Å². The number of piperidine rings is 1. The van der Waals surface area contributed by atoms with Crippen LogP contribution in [-0.4, -0.2) is 55.2 Å². The van der Waals surface area contributed by atoms with Gasteiger partial charge in [-0.25, -0.2) is 4.79 Å². The molecule has 1 aromatic carbocycles. The van der Waals surface area contributed by atoms with Gasteiger partial charge in [0.25, 0.3) is 0 Å². The highest BCUT2D eigenvalue weighted by atomic mass is 19.4. The fraction of sp³-hybridized carbons (Fsp3) is 0.526. The van der Waals surface area contributed by atoms with Crippen LogP contribution in [0.3, 0.4) is 0 Å². The minimum Gasteiger partial charge on any atom is -0.440 e. The average Bonchev–Trinajstić information content (AvgIpc) is 3.12. The summed E-state index contributed by atoms with van der Waals surface area (Å²) in [6, 6.07) is 7.00. The van der Waals surface area contributed by atoms with Crippen LogP contribution in [0.15, 0.2) is 24.3 Å². The van der Waals surface area contributed by atoms with Crippen molar-refractivity contribution in [2.24, 2.45) is 5.92 Å². The Kier molecular flexibility index (Phi) is 6.29. The number of rotatable bonds is 4. The second kappa shape index (κ2) is 8.71. The standard InChI is InChI=1S/C19H22F3N3O4/c20-19(21,22)12-29-18(28)24-10-7-13(8-11-24)17(27)23-14-3-5-15(6-4-14)25-9-1-2-16(25)26/h3-6,13H,1-2,7-12H2,(H,23,27). The minimum absolute atomic E-state index is 0.0855. The Morgan fingerprint density at radius 1 is 1.10 bits per heavy atom. The van der Waals surface area contributed by atoms with E-state index in [1.54, 1.807) is 29.2 Å². The Bertz CT molecular complexity index is 759. The van der Waals surface area contributed by atoms with E-state index in [1.165, 1.54) is 4.90 Å². The molecule has 29 heavy (non-hydrogen) atoms. The molecule has 0 unspecified atom stereocenters. The van der Waals surface area contributed by atoms with Crippen molar-refractivity contribution in [3.63, 3.8) is 0 Å². The van der Waals surface area contributed by atoms with Gasteiger partial charge in [-0.15, -0.1) is 0 Å². The Labute approximate surface area is 165 Å². The van der Waals surface area contributed by atoms with Crippen molar-refractivity contribution in [2.45, 2.75) is 31.9 Å². The molecular formula is C19H22F3N3O4. The van der Waals surface area contributed by atoms with Gasteiger partial charge in [0.05, 0.1) is 0 Å². The van der Waals surface area contributed by atoms with Crippen molar-refractivity contribution < 1.29 is 32.3 Å². The van der Waals surface area contributed by atoms with Gasteiger partial charge in [-0.05, 0) is 43.5 Å². The Morgan fingerprint density at radius 2 is 1.76 bits per heavy atom. The van der Waals surface area contributed by atoms with Crippen LogP contribution in [0.5, 0.6) is 0 Å². The van der Waals surface area contributed by atoms with E-state index in [1.807, 2.05) is 0 Å². The first-order valence-corrected chi connectivity index (χ1v) is 9.43. The van der Waals surface area contributed by atoms with Gasteiger partial charge in [0.2, 0.25) is 11.8 Å². The Hall–Kier alpha value is -2.78. The minimum atomic E-state index is -4.56. The summed E-state index contributed by atoms with van der Waals surface area (Å²) in [6.07, 6.45) is -3.53. The van der Waals surface area contributed by atoms with E-state index in [0.717, 1.165) is 12.1 Å². The number of carbonyl (C=O) groups excluding carboxylic acids is 3. The first kappa shape index (κ1) is 20.9. The molecule has 0 radical (unpaired) electrons. The molecular weight excluding hydrogens is 391 g/mol. The molecule has 10 heteroatoms. The summed E-state index contributed by atoms with van der Waals surface area (Å²) in [5, 5.41) is 2.80. The van der Waals surface area contributed by atoms with Crippen molar-refractivity contribution in [3.8, 4) is 0 Å². The molecule has 1 aromatic rings. The van der Waals surface area contributed by atoms with Crippen LogP contribution in [0.2, 0.25) is 0 Å². The molecule has 7 nitrogen and oxygen atoms in total. The van der Waals surface area contributed by atoms with Crippen molar-refractivity contribution in [1.29, 1.82) is 0 Å². The Balaban J connectivity index is 1.46. The number of alkyl halides is 3. The fourth-order valence-corrected chi connectivity index (χ4v) is 3.45. The van der Waals surface area contributed by atoms with E-state index >= 15 is 0 Å². The van der Waals surface area contributed by atoms with Crippen molar-refractivity contribution in [3.05, 3.63) is 24.3 Å². The smallest absolute Gasteiger partial charge is 0.422 e. The highest BCUT2D eigenvalue weighted by Gasteiger charge is 2.33. The third-order valence-electron chi connectivity index (χ3n) is 5.00. The van der Waals surface area contributed by atoms with Gasteiger partial charge in [0.1, 0.15) is 0 Å². The molecule has 0 atom stereocenters. The number of hydrogen-bond donors (Lipinski definition) is 1. The first-order chi connectivity index (χ1) is 13.7. The molecule has 3 rings (SSSR count). The summed E-state index contributed by atoms with van der Waals surface area (Å²) in [4.78, 5) is 38.7. The zero-order valence-electron chi connectivity index (χ0n) is 15.7. The summed E-state index contributed by atoms with van der Waals surface area (Å²) in [7, 11) is 0. The topological polar surface area (TPSA) is 79.0 Å². The van der Waals surface area contributed by atoms with Gasteiger partial charge in [0.15, 0.2) is 6.61 Å². The van der Waals surface area contributed by atoms with E-state index < -0.39 is 18.9 Å². The number of nitrogens with one attached hydrogen (secondary N) is 1. The van der Waals surface area contributed by atoms with E-state index in [4.69, 9.17) is 0 Å². The number of nitrogens with zero attached hydrogens (tertiary/aromatic N) is 2. The lowest BCUT2D eigenvalue weighted by Crippen LogP contribution is -2.42. The SMILES string of the molecule is O=C(Nc1ccc(N2CCCC2=O)cc1)C1CCN(C(=O)OCC(F)(F)F)CC1. The van der Waals surface area contributed by atoms with Gasteiger partial charge in [-0.1, -0.05) is 0 Å². The molecule has 1 N–H and O–H groups in total. The maximum absolute atomic E-state index is 12.4. The van der Waals surface area contributed by atoms with Crippen LogP contribution >= 0.6 is 0 Å². The van der Waals surface area contributed by atoms with Gasteiger partial charge < -0.3 is 19.9 Å². The summed E-state index contributed by atoms with van der Waals surface area (Å²) >= 11 is 0. The average molecular weight is 413 g/mol. The zero-order chi connectivity index (χ0) is 21.0. The largest absolute Gasteiger partial charge is 0.440 e. The van der Waals surface area contributed by atoms with Crippen LogP contribution in [0.1, 0.15) is 25.7 Å². The molecule has 2 aliphatic rings. The number of anilines is 2. The molecule has 0 aromatic heterocycles. The third-order valence-corrected chi connectivity index (χ3v) is 5.00. The fourth-order valence-electron chi connectivity index (χ4n) is 3.45. The maximum Gasteiger partial charge on any atom is 0.422 e. The van der Waals surface area contributed by atoms with Crippen LogP contribution in [0.25, 0.3) is 0 Å². The van der Waals surface area contributed by atoms with E-state index in [-0.39, 0.29) is 30.8 Å². The molecule has 2 aliphatic heterocycles. The van der Waals surface area contributed by atoms with E-state index in [0.29, 0.717) is 31.5 Å². The Morgan fingerprint density at radius 3 is 2.31 bits per heavy atom. The lowest BCUT2D eigenvalue weighted by molar-refractivity contribution is -0.162. The molecule has 0 bridgehead atoms. The number of hydrogen-bond acceptors (Lipinski definition) is 4. The summed E-state index contributed by atoms with van der Waals surface area (Å²) in [5.41, 5.74) is 1.38. The summed E-state index contributed by atoms with van der Waals surface area (Å²) < 4.78 is 40.6. The van der Waals surface area contributed by atoms with Crippen LogP contribution in [0.4, 0.5) is 29.3 Å². The predicted octanol–water partition coefficient (Wildman–Crippen LogP) is 3.16. The lowest BCUT2D eigenvalue weighted by atomic mass is 9.96. The lowest BCUT2D eigenvalue weighted by Gasteiger charge is -2.30. The summed E-state index contributed by atoms with van der Waals surface area (Å²) in [6.45, 7) is -0.616. The number of likely N-dealkylation sites (tertiary alicyclic amines) is 1. The van der Waals surface area contributed by atoms with Crippen molar-refractivity contribution in [1.82, 2.24) is 4.90 Å². The molecule has 158 valence electrons. The van der Waals surface area contributed by atoms with Crippen LogP contribution in [-0.2, 0) is 14.3 Å². The van der Waals surface area contributed by atoms with Crippen LogP contribution in [0, 0.1) is 5.92 Å². The van der Waals surface area contributed by atoms with Crippen molar-refractivity contribution >= 4 is 29.3 Å². The number of amides is 3. The van der Waals surface area contributed by atoms with Gasteiger partial charge in [0, 0.05) is 43.3 Å². The van der Waals surface area contributed by atoms with E-state index in [9.17, 15) is 27.6 Å². The molecule has 0 aliphatic carbocycles. The second-order valence-electron chi connectivity index (χ2n) is 7.12. The zero-order valence-corrected chi connectivity index (χ0v) is 15.7. The molecule has 2 heterocycles. The number of carbonyl (C=O) groups is 3. The number of benzene rings is 1. The van der Waals surface area contributed by atoms with Gasteiger partial charge in [-0.2, -0.15) is 13.2 Å².